The van der Waals surface area contributed by atoms with E-state index in [0.29, 0.717) is 12.7 Å². The summed E-state index contributed by atoms with van der Waals surface area (Å²) in [6.07, 6.45) is -4.59. The van der Waals surface area contributed by atoms with Crippen molar-refractivity contribution in [2.45, 2.75) is 25.2 Å². The van der Waals surface area contributed by atoms with Crippen LogP contribution in [0, 0.1) is 5.82 Å². The van der Waals surface area contributed by atoms with Gasteiger partial charge < -0.3 is 10.5 Å². The van der Waals surface area contributed by atoms with Crippen LogP contribution in [0.1, 0.15) is 24.1 Å². The molecule has 0 radical (unpaired) electrons. The summed E-state index contributed by atoms with van der Waals surface area (Å²) in [5.74, 6) is -0.925. The number of methoxy groups -OCH3 is 1. The van der Waals surface area contributed by atoms with Crippen LogP contribution >= 0.6 is 0 Å². The lowest BCUT2D eigenvalue weighted by atomic mass is 10.0. The summed E-state index contributed by atoms with van der Waals surface area (Å²) in [5.41, 5.74) is 4.86. The number of nitrogens with zero attached hydrogens (tertiary/aromatic N) is 1. The Bertz CT molecular complexity index is 465. The molecule has 1 aromatic rings. The third-order valence-electron chi connectivity index (χ3n) is 3.45. The van der Waals surface area contributed by atoms with E-state index < -0.39 is 23.6 Å². The van der Waals surface area contributed by atoms with Crippen LogP contribution < -0.4 is 5.73 Å². The van der Waals surface area contributed by atoms with Gasteiger partial charge in [-0.2, -0.15) is 13.2 Å². The topological polar surface area (TPSA) is 38.5 Å². The van der Waals surface area contributed by atoms with Crippen molar-refractivity contribution in [3.8, 4) is 0 Å². The Hall–Kier alpha value is -1.18. The molecular weight excluding hydrogens is 288 g/mol. The first-order chi connectivity index (χ1) is 9.70. The fourth-order valence-electron chi connectivity index (χ4n) is 2.17. The van der Waals surface area contributed by atoms with Crippen molar-refractivity contribution in [3.05, 3.63) is 35.1 Å². The van der Waals surface area contributed by atoms with Crippen molar-refractivity contribution in [3.63, 3.8) is 0 Å². The summed E-state index contributed by atoms with van der Waals surface area (Å²) in [6.45, 7) is 2.33. The van der Waals surface area contributed by atoms with Crippen LogP contribution in [0.15, 0.2) is 18.2 Å². The van der Waals surface area contributed by atoms with Gasteiger partial charge in [0.15, 0.2) is 0 Å². The van der Waals surface area contributed by atoms with Gasteiger partial charge >= 0.3 is 6.18 Å². The highest BCUT2D eigenvalue weighted by Crippen LogP contribution is 2.32. The van der Waals surface area contributed by atoms with E-state index in [2.05, 4.69) is 0 Å². The van der Waals surface area contributed by atoms with Crippen molar-refractivity contribution in [2.24, 2.45) is 5.73 Å². The highest BCUT2D eigenvalue weighted by Gasteiger charge is 2.32. The average Bonchev–Trinajstić information content (AvgIpc) is 2.38. The van der Waals surface area contributed by atoms with Gasteiger partial charge in [0.1, 0.15) is 5.82 Å². The highest BCUT2D eigenvalue weighted by molar-refractivity contribution is 5.29. The molecule has 2 unspecified atom stereocenters. The van der Waals surface area contributed by atoms with Gasteiger partial charge in [-0.15, -0.1) is 0 Å². The molecule has 7 heteroatoms. The molecule has 0 aromatic heterocycles. The maximum atomic E-state index is 13.5. The molecule has 0 fully saturated rings. The van der Waals surface area contributed by atoms with E-state index in [9.17, 15) is 17.6 Å². The SMILES string of the molecule is COCC(C)N(C)C(CN)c1cc(F)cc(C(F)(F)F)c1. The molecule has 0 spiro atoms. The van der Waals surface area contributed by atoms with Crippen LogP contribution in [-0.2, 0) is 10.9 Å². The minimum atomic E-state index is -4.59. The third-order valence-corrected chi connectivity index (χ3v) is 3.45. The quantitative estimate of drug-likeness (QED) is 0.821. The van der Waals surface area contributed by atoms with E-state index in [-0.39, 0.29) is 18.2 Å². The van der Waals surface area contributed by atoms with E-state index in [0.717, 1.165) is 12.1 Å². The van der Waals surface area contributed by atoms with Gasteiger partial charge in [-0.3, -0.25) is 4.90 Å². The zero-order valence-corrected chi connectivity index (χ0v) is 12.2. The lowest BCUT2D eigenvalue weighted by Crippen LogP contribution is -2.39. The van der Waals surface area contributed by atoms with E-state index in [1.54, 1.807) is 11.9 Å². The number of rotatable bonds is 6. The van der Waals surface area contributed by atoms with E-state index in [4.69, 9.17) is 10.5 Å². The van der Waals surface area contributed by atoms with Crippen molar-refractivity contribution < 1.29 is 22.3 Å². The fourth-order valence-corrected chi connectivity index (χ4v) is 2.17. The second-order valence-corrected chi connectivity index (χ2v) is 4.99. The van der Waals surface area contributed by atoms with Crippen LogP contribution in [0.5, 0.6) is 0 Å². The predicted molar refractivity (Wildman–Crippen MR) is 72.3 cm³/mol. The van der Waals surface area contributed by atoms with Crippen molar-refractivity contribution in [2.75, 3.05) is 27.3 Å². The summed E-state index contributed by atoms with van der Waals surface area (Å²) < 4.78 is 56.8. The van der Waals surface area contributed by atoms with Crippen LogP contribution in [0.3, 0.4) is 0 Å². The van der Waals surface area contributed by atoms with Crippen LogP contribution in [0.25, 0.3) is 0 Å². The van der Waals surface area contributed by atoms with Gasteiger partial charge in [-0.1, -0.05) is 0 Å². The number of benzene rings is 1. The maximum Gasteiger partial charge on any atom is 0.416 e. The Labute approximate surface area is 121 Å². The standard InChI is InChI=1S/C14H20F4N2O/c1-9(8-21-3)20(2)13(7-19)10-4-11(14(16,17)18)6-12(15)5-10/h4-6,9,13H,7-8,19H2,1-3H3. The summed E-state index contributed by atoms with van der Waals surface area (Å²) in [7, 11) is 3.26. The lowest BCUT2D eigenvalue weighted by Gasteiger charge is -2.32. The second-order valence-electron chi connectivity index (χ2n) is 4.99. The highest BCUT2D eigenvalue weighted by atomic mass is 19.4. The molecule has 0 bridgehead atoms. The molecule has 0 aliphatic heterocycles. The molecule has 2 N–H and O–H groups in total. The number of hydrogen-bond donors (Lipinski definition) is 1. The molecule has 1 aromatic carbocycles. The number of ether oxygens (including phenoxy) is 1. The van der Waals surface area contributed by atoms with Crippen molar-refractivity contribution >= 4 is 0 Å². The first-order valence-corrected chi connectivity index (χ1v) is 6.49. The predicted octanol–water partition coefficient (Wildman–Crippen LogP) is 2.81. The Balaban J connectivity index is 3.14. The zero-order chi connectivity index (χ0) is 16.2. The number of likely N-dealkylation sites (N-methyl/N-ethyl adjacent to an activating group) is 1. The van der Waals surface area contributed by atoms with Gasteiger partial charge in [0.2, 0.25) is 0 Å². The molecule has 120 valence electrons. The average molecular weight is 308 g/mol. The number of halogens is 4. The third kappa shape index (κ3) is 4.66. The Morgan fingerprint density at radius 3 is 2.38 bits per heavy atom. The van der Waals surface area contributed by atoms with Gasteiger partial charge in [0.05, 0.1) is 12.2 Å². The lowest BCUT2D eigenvalue weighted by molar-refractivity contribution is -0.137. The molecule has 2 atom stereocenters. The van der Waals surface area contributed by atoms with Gasteiger partial charge in [-0.05, 0) is 37.7 Å². The zero-order valence-electron chi connectivity index (χ0n) is 12.2. The molecule has 0 heterocycles. The van der Waals surface area contributed by atoms with Crippen molar-refractivity contribution in [1.29, 1.82) is 0 Å². The Kier molecular flexibility index (Phi) is 6.12. The van der Waals surface area contributed by atoms with Gasteiger partial charge in [0, 0.05) is 25.7 Å². The van der Waals surface area contributed by atoms with E-state index in [1.807, 2.05) is 6.92 Å². The number of alkyl halides is 3. The fraction of sp³-hybridized carbons (Fsp3) is 0.571. The monoisotopic (exact) mass is 308 g/mol. The molecule has 3 nitrogen and oxygen atoms in total. The van der Waals surface area contributed by atoms with E-state index in [1.165, 1.54) is 7.11 Å². The van der Waals surface area contributed by atoms with Crippen LogP contribution in [0.2, 0.25) is 0 Å². The Morgan fingerprint density at radius 2 is 1.90 bits per heavy atom. The normalized spacial score (nSPS) is 15.3. The summed E-state index contributed by atoms with van der Waals surface area (Å²) in [5, 5.41) is 0. The molecule has 0 aliphatic rings. The molecule has 1 rings (SSSR count). The smallest absolute Gasteiger partial charge is 0.383 e. The molecule has 0 saturated carbocycles. The molecule has 0 amide bonds. The number of nitrogens with two attached hydrogens (primary N) is 1. The molecule has 0 saturated heterocycles. The van der Waals surface area contributed by atoms with Crippen molar-refractivity contribution in [1.82, 2.24) is 4.90 Å². The molecular formula is C14H20F4N2O. The summed E-state index contributed by atoms with van der Waals surface area (Å²) >= 11 is 0. The molecule has 0 aliphatic carbocycles. The Morgan fingerprint density at radius 1 is 1.29 bits per heavy atom. The van der Waals surface area contributed by atoms with Gasteiger partial charge in [0.25, 0.3) is 0 Å². The minimum absolute atomic E-state index is 0.0684. The molecule has 21 heavy (non-hydrogen) atoms. The van der Waals surface area contributed by atoms with Gasteiger partial charge in [-0.25, -0.2) is 4.39 Å². The van der Waals surface area contributed by atoms with E-state index >= 15 is 0 Å². The first kappa shape index (κ1) is 17.9. The summed E-state index contributed by atoms with van der Waals surface area (Å²) in [4.78, 5) is 1.78. The maximum absolute atomic E-state index is 13.5. The second kappa shape index (κ2) is 7.20. The minimum Gasteiger partial charge on any atom is -0.383 e. The number of hydrogen-bond acceptors (Lipinski definition) is 3. The van der Waals surface area contributed by atoms with Crippen LogP contribution in [0.4, 0.5) is 17.6 Å². The van der Waals surface area contributed by atoms with Crippen LogP contribution in [-0.4, -0.2) is 38.3 Å². The largest absolute Gasteiger partial charge is 0.416 e. The first-order valence-electron chi connectivity index (χ1n) is 6.49. The summed E-state index contributed by atoms with van der Waals surface area (Å²) in [6, 6.07) is 1.92.